The van der Waals surface area contributed by atoms with E-state index < -0.39 is 4.92 Å². The van der Waals surface area contributed by atoms with Crippen molar-refractivity contribution in [3.8, 4) is 5.75 Å². The molecule has 1 heterocycles. The molecule has 0 N–H and O–H groups in total. The van der Waals surface area contributed by atoms with Gasteiger partial charge in [0, 0.05) is 24.2 Å². The topological polar surface area (TPSA) is 85.8 Å². The van der Waals surface area contributed by atoms with Gasteiger partial charge in [0.1, 0.15) is 11.5 Å². The van der Waals surface area contributed by atoms with Crippen LogP contribution in [0.15, 0.2) is 71.3 Å². The van der Waals surface area contributed by atoms with Gasteiger partial charge in [0.2, 0.25) is 0 Å². The van der Waals surface area contributed by atoms with E-state index in [-0.39, 0.29) is 18.1 Å². The van der Waals surface area contributed by atoms with Crippen molar-refractivity contribution >= 4 is 11.6 Å². The van der Waals surface area contributed by atoms with Gasteiger partial charge < -0.3 is 14.1 Å². The molecule has 3 rings (SSSR count). The molecule has 7 nitrogen and oxygen atoms in total. The molecule has 0 unspecified atom stereocenters. The van der Waals surface area contributed by atoms with Gasteiger partial charge in [-0.25, -0.2) is 0 Å². The van der Waals surface area contributed by atoms with Crippen molar-refractivity contribution in [2.24, 2.45) is 0 Å². The molecule has 0 fully saturated rings. The average Bonchev–Trinajstić information content (AvgIpc) is 3.20. The first-order valence-electron chi connectivity index (χ1n) is 8.26. The fourth-order valence-electron chi connectivity index (χ4n) is 2.65. The quantitative estimate of drug-likeness (QED) is 0.465. The van der Waals surface area contributed by atoms with Crippen LogP contribution in [0.4, 0.5) is 5.69 Å². The Labute approximate surface area is 155 Å². The predicted octanol–water partition coefficient (Wildman–Crippen LogP) is 4.04. The third-order valence-corrected chi connectivity index (χ3v) is 4.07. The van der Waals surface area contributed by atoms with E-state index in [4.69, 9.17) is 9.15 Å². The molecule has 0 atom stereocenters. The first-order valence-corrected chi connectivity index (χ1v) is 8.26. The number of nitro groups is 1. The number of methoxy groups -OCH3 is 1. The number of hydrogen-bond donors (Lipinski definition) is 0. The number of amides is 1. The zero-order valence-electron chi connectivity index (χ0n) is 14.7. The zero-order chi connectivity index (χ0) is 19.2. The van der Waals surface area contributed by atoms with Gasteiger partial charge in [-0.2, -0.15) is 0 Å². The number of rotatable bonds is 7. The second-order valence-corrected chi connectivity index (χ2v) is 5.89. The van der Waals surface area contributed by atoms with E-state index in [9.17, 15) is 14.9 Å². The fraction of sp³-hybridized carbons (Fsp3) is 0.150. The maximum Gasteiger partial charge on any atom is 0.269 e. The largest absolute Gasteiger partial charge is 0.497 e. The second kappa shape index (κ2) is 8.18. The van der Waals surface area contributed by atoms with Gasteiger partial charge in [0.25, 0.3) is 11.6 Å². The predicted molar refractivity (Wildman–Crippen MR) is 98.4 cm³/mol. The molecule has 1 aromatic heterocycles. The van der Waals surface area contributed by atoms with Gasteiger partial charge in [-0.15, -0.1) is 0 Å². The first kappa shape index (κ1) is 18.2. The van der Waals surface area contributed by atoms with E-state index in [1.54, 1.807) is 30.4 Å². The Kier molecular flexibility index (Phi) is 5.51. The van der Waals surface area contributed by atoms with Crippen molar-refractivity contribution < 1.29 is 18.9 Å². The standard InChI is InChI=1S/C20H18N2O5/c1-26-18-10-4-15(5-11-18)13-21(14-19-3-2-12-27-19)20(23)16-6-8-17(9-7-16)22(24)25/h2-12H,13-14H2,1H3. The van der Waals surface area contributed by atoms with Crippen LogP contribution in [0, 0.1) is 10.1 Å². The maximum atomic E-state index is 13.0. The number of benzene rings is 2. The van der Waals surface area contributed by atoms with Crippen LogP contribution in [0.5, 0.6) is 5.75 Å². The summed E-state index contributed by atoms with van der Waals surface area (Å²) < 4.78 is 10.5. The van der Waals surface area contributed by atoms with E-state index in [1.807, 2.05) is 24.3 Å². The summed E-state index contributed by atoms with van der Waals surface area (Å²) in [5.74, 6) is 1.15. The van der Waals surface area contributed by atoms with E-state index in [2.05, 4.69) is 0 Å². The number of ether oxygens (including phenoxy) is 1. The van der Waals surface area contributed by atoms with Crippen LogP contribution in [0.3, 0.4) is 0 Å². The molecule has 1 amide bonds. The molecule has 0 spiro atoms. The van der Waals surface area contributed by atoms with Crippen molar-refractivity contribution in [3.63, 3.8) is 0 Å². The highest BCUT2D eigenvalue weighted by Gasteiger charge is 2.19. The lowest BCUT2D eigenvalue weighted by Crippen LogP contribution is -2.30. The second-order valence-electron chi connectivity index (χ2n) is 5.89. The smallest absolute Gasteiger partial charge is 0.269 e. The van der Waals surface area contributed by atoms with Crippen LogP contribution in [-0.2, 0) is 13.1 Å². The summed E-state index contributed by atoms with van der Waals surface area (Å²) in [7, 11) is 1.59. The highest BCUT2D eigenvalue weighted by atomic mass is 16.6. The van der Waals surface area contributed by atoms with Gasteiger partial charge in [-0.3, -0.25) is 14.9 Å². The Bertz CT molecular complexity index is 903. The molecule has 0 radical (unpaired) electrons. The summed E-state index contributed by atoms with van der Waals surface area (Å²) in [4.78, 5) is 24.9. The molecule has 27 heavy (non-hydrogen) atoms. The summed E-state index contributed by atoms with van der Waals surface area (Å²) in [6.07, 6.45) is 1.55. The molecule has 2 aromatic carbocycles. The highest BCUT2D eigenvalue weighted by molar-refractivity contribution is 5.94. The van der Waals surface area contributed by atoms with Crippen molar-refractivity contribution in [2.45, 2.75) is 13.1 Å². The van der Waals surface area contributed by atoms with Gasteiger partial charge in [0.05, 0.1) is 24.8 Å². The Hall–Kier alpha value is -3.61. The maximum absolute atomic E-state index is 13.0. The third-order valence-electron chi connectivity index (χ3n) is 4.07. The Balaban J connectivity index is 1.83. The van der Waals surface area contributed by atoms with Crippen LogP contribution < -0.4 is 4.74 Å². The summed E-state index contributed by atoms with van der Waals surface area (Å²) >= 11 is 0. The molecule has 3 aromatic rings. The first-order chi connectivity index (χ1) is 13.1. The lowest BCUT2D eigenvalue weighted by Gasteiger charge is -2.22. The number of non-ortho nitro benzene ring substituents is 1. The van der Waals surface area contributed by atoms with Crippen LogP contribution in [0.1, 0.15) is 21.7 Å². The van der Waals surface area contributed by atoms with Crippen molar-refractivity contribution in [2.75, 3.05) is 7.11 Å². The molecule has 0 saturated carbocycles. The molecule has 0 aliphatic rings. The Morgan fingerprint density at radius 1 is 1.07 bits per heavy atom. The van der Waals surface area contributed by atoms with E-state index >= 15 is 0 Å². The van der Waals surface area contributed by atoms with Gasteiger partial charge >= 0.3 is 0 Å². The highest BCUT2D eigenvalue weighted by Crippen LogP contribution is 2.19. The summed E-state index contributed by atoms with van der Waals surface area (Å²) in [5, 5.41) is 10.8. The van der Waals surface area contributed by atoms with Gasteiger partial charge in [0.15, 0.2) is 0 Å². The Morgan fingerprint density at radius 3 is 2.33 bits per heavy atom. The van der Waals surface area contributed by atoms with Crippen molar-refractivity contribution in [1.82, 2.24) is 4.90 Å². The van der Waals surface area contributed by atoms with Crippen molar-refractivity contribution in [3.05, 3.63) is 93.9 Å². The molecule has 0 aliphatic heterocycles. The normalized spacial score (nSPS) is 10.4. The minimum atomic E-state index is -0.494. The lowest BCUT2D eigenvalue weighted by molar-refractivity contribution is -0.384. The number of hydrogen-bond acceptors (Lipinski definition) is 5. The summed E-state index contributed by atoms with van der Waals surface area (Å²) in [6, 6.07) is 16.6. The van der Waals surface area contributed by atoms with Gasteiger partial charge in [-0.05, 0) is 42.0 Å². The van der Waals surface area contributed by atoms with Crippen LogP contribution >= 0.6 is 0 Å². The lowest BCUT2D eigenvalue weighted by atomic mass is 10.1. The number of carbonyl (C=O) groups is 1. The van der Waals surface area contributed by atoms with Crippen molar-refractivity contribution in [1.29, 1.82) is 0 Å². The average molecular weight is 366 g/mol. The fourth-order valence-corrected chi connectivity index (χ4v) is 2.65. The Morgan fingerprint density at radius 2 is 1.78 bits per heavy atom. The number of carbonyl (C=O) groups excluding carboxylic acids is 1. The SMILES string of the molecule is COc1ccc(CN(Cc2ccco2)C(=O)c2ccc([N+](=O)[O-])cc2)cc1. The molecule has 7 heteroatoms. The molecular weight excluding hydrogens is 348 g/mol. The molecule has 0 aliphatic carbocycles. The molecular formula is C20H18N2O5. The van der Waals surface area contributed by atoms with E-state index in [1.165, 1.54) is 24.3 Å². The van der Waals surface area contributed by atoms with Crippen LogP contribution in [0.25, 0.3) is 0 Å². The molecule has 0 saturated heterocycles. The third kappa shape index (κ3) is 4.52. The number of furan rings is 1. The number of nitrogens with zero attached hydrogens (tertiary/aromatic N) is 2. The minimum Gasteiger partial charge on any atom is -0.497 e. The monoisotopic (exact) mass is 366 g/mol. The van der Waals surface area contributed by atoms with Gasteiger partial charge in [-0.1, -0.05) is 12.1 Å². The van der Waals surface area contributed by atoms with Crippen LogP contribution in [0.2, 0.25) is 0 Å². The minimum absolute atomic E-state index is 0.0562. The van der Waals surface area contributed by atoms with Crippen LogP contribution in [-0.4, -0.2) is 22.8 Å². The van der Waals surface area contributed by atoms with E-state index in [0.29, 0.717) is 17.9 Å². The molecule has 0 bridgehead atoms. The number of nitro benzene ring substituents is 1. The molecule has 138 valence electrons. The summed E-state index contributed by atoms with van der Waals surface area (Å²) in [6.45, 7) is 0.648. The van der Waals surface area contributed by atoms with E-state index in [0.717, 1.165) is 11.3 Å². The summed E-state index contributed by atoms with van der Waals surface area (Å²) in [5.41, 5.74) is 1.25. The zero-order valence-corrected chi connectivity index (χ0v) is 14.7.